The van der Waals surface area contributed by atoms with Gasteiger partial charge in [-0.15, -0.1) is 12.4 Å². The first-order valence-electron chi connectivity index (χ1n) is 8.13. The monoisotopic (exact) mass is 302 g/mol. The lowest BCUT2D eigenvalue weighted by Gasteiger charge is -2.28. The molecule has 1 amide bonds. The van der Waals surface area contributed by atoms with Crippen LogP contribution in [0.5, 0.6) is 0 Å². The molecule has 3 nitrogen and oxygen atoms in total. The summed E-state index contributed by atoms with van der Waals surface area (Å²) in [6.45, 7) is 7.64. The van der Waals surface area contributed by atoms with Crippen molar-refractivity contribution in [2.24, 2.45) is 17.3 Å². The third-order valence-electron chi connectivity index (χ3n) is 5.09. The predicted molar refractivity (Wildman–Crippen MR) is 86.2 cm³/mol. The number of carbonyl (C=O) groups is 1. The average molecular weight is 303 g/mol. The first-order valence-corrected chi connectivity index (χ1v) is 8.13. The van der Waals surface area contributed by atoms with E-state index in [-0.39, 0.29) is 18.3 Å². The maximum atomic E-state index is 12.0. The molecule has 118 valence electrons. The molecule has 0 bridgehead atoms. The van der Waals surface area contributed by atoms with E-state index in [0.717, 1.165) is 25.6 Å². The van der Waals surface area contributed by atoms with Gasteiger partial charge in [0, 0.05) is 13.0 Å². The zero-order valence-corrected chi connectivity index (χ0v) is 13.9. The van der Waals surface area contributed by atoms with Gasteiger partial charge in [0.05, 0.1) is 0 Å². The summed E-state index contributed by atoms with van der Waals surface area (Å²) in [5, 5.41) is 6.58. The molecule has 1 aliphatic carbocycles. The molecule has 1 aliphatic heterocycles. The van der Waals surface area contributed by atoms with Crippen molar-refractivity contribution >= 4 is 18.3 Å². The van der Waals surface area contributed by atoms with Gasteiger partial charge in [-0.1, -0.05) is 20.3 Å². The molecule has 0 radical (unpaired) electrons. The van der Waals surface area contributed by atoms with E-state index in [2.05, 4.69) is 24.5 Å². The molecule has 1 saturated heterocycles. The molecule has 0 spiro atoms. The van der Waals surface area contributed by atoms with Crippen molar-refractivity contribution in [1.82, 2.24) is 10.6 Å². The number of amides is 1. The summed E-state index contributed by atoms with van der Waals surface area (Å²) in [6, 6.07) is 0. The second-order valence-corrected chi connectivity index (χ2v) is 6.80. The van der Waals surface area contributed by atoms with Crippen LogP contribution in [0.2, 0.25) is 0 Å². The lowest BCUT2D eigenvalue weighted by molar-refractivity contribution is -0.122. The molecule has 2 rings (SSSR count). The second kappa shape index (κ2) is 8.23. The van der Waals surface area contributed by atoms with Crippen molar-refractivity contribution < 1.29 is 4.79 Å². The number of nitrogens with one attached hydrogen (secondary N) is 2. The SMILES string of the molecule is CCCC1(CNC(=O)CC(C)C2CCNCC2)CC1.Cl. The molecular formula is C16H31ClN2O. The van der Waals surface area contributed by atoms with Crippen LogP contribution in [-0.2, 0) is 4.79 Å². The van der Waals surface area contributed by atoms with E-state index in [1.807, 2.05) is 0 Å². The smallest absolute Gasteiger partial charge is 0.220 e. The molecule has 1 atom stereocenters. The summed E-state index contributed by atoms with van der Waals surface area (Å²) in [4.78, 5) is 12.0. The normalized spacial score (nSPS) is 22.7. The average Bonchev–Trinajstić information content (AvgIpc) is 3.18. The van der Waals surface area contributed by atoms with Crippen LogP contribution >= 0.6 is 12.4 Å². The molecule has 2 fully saturated rings. The van der Waals surface area contributed by atoms with E-state index >= 15 is 0 Å². The Morgan fingerprint density at radius 1 is 1.35 bits per heavy atom. The van der Waals surface area contributed by atoms with Crippen molar-refractivity contribution in [2.75, 3.05) is 19.6 Å². The van der Waals surface area contributed by atoms with E-state index in [1.54, 1.807) is 0 Å². The van der Waals surface area contributed by atoms with Gasteiger partial charge in [0.1, 0.15) is 0 Å². The molecule has 0 aromatic heterocycles. The number of rotatable bonds is 7. The van der Waals surface area contributed by atoms with Crippen LogP contribution in [-0.4, -0.2) is 25.5 Å². The third kappa shape index (κ3) is 5.25. The molecule has 0 aromatic rings. The first kappa shape index (κ1) is 17.8. The number of hydrogen-bond acceptors (Lipinski definition) is 2. The Kier molecular flexibility index (Phi) is 7.32. The van der Waals surface area contributed by atoms with E-state index in [1.165, 1.54) is 38.5 Å². The Labute approximate surface area is 130 Å². The molecule has 1 heterocycles. The Morgan fingerprint density at radius 2 is 2.00 bits per heavy atom. The highest BCUT2D eigenvalue weighted by Crippen LogP contribution is 2.48. The van der Waals surface area contributed by atoms with Crippen molar-refractivity contribution in [3.8, 4) is 0 Å². The van der Waals surface area contributed by atoms with E-state index in [0.29, 0.717) is 17.8 Å². The van der Waals surface area contributed by atoms with Crippen LogP contribution in [0.15, 0.2) is 0 Å². The summed E-state index contributed by atoms with van der Waals surface area (Å²) < 4.78 is 0. The fourth-order valence-electron chi connectivity index (χ4n) is 3.45. The number of carbonyl (C=O) groups excluding carboxylic acids is 1. The maximum absolute atomic E-state index is 12.0. The minimum absolute atomic E-state index is 0. The highest BCUT2D eigenvalue weighted by Gasteiger charge is 2.41. The fourth-order valence-corrected chi connectivity index (χ4v) is 3.45. The highest BCUT2D eigenvalue weighted by atomic mass is 35.5. The van der Waals surface area contributed by atoms with E-state index in [4.69, 9.17) is 0 Å². The minimum atomic E-state index is 0. The lowest BCUT2D eigenvalue weighted by atomic mass is 9.84. The van der Waals surface area contributed by atoms with Crippen molar-refractivity contribution in [2.45, 2.75) is 58.8 Å². The summed E-state index contributed by atoms with van der Waals surface area (Å²) in [7, 11) is 0. The fraction of sp³-hybridized carbons (Fsp3) is 0.938. The van der Waals surface area contributed by atoms with Gasteiger partial charge in [-0.25, -0.2) is 0 Å². The van der Waals surface area contributed by atoms with Crippen molar-refractivity contribution in [1.29, 1.82) is 0 Å². The quantitative estimate of drug-likeness (QED) is 0.758. The van der Waals surface area contributed by atoms with Crippen LogP contribution in [0.25, 0.3) is 0 Å². The van der Waals surface area contributed by atoms with E-state index < -0.39 is 0 Å². The third-order valence-corrected chi connectivity index (χ3v) is 5.09. The zero-order valence-electron chi connectivity index (χ0n) is 13.0. The van der Waals surface area contributed by atoms with Gasteiger partial charge in [0.2, 0.25) is 5.91 Å². The number of hydrogen-bond donors (Lipinski definition) is 2. The molecule has 0 aromatic carbocycles. The Morgan fingerprint density at radius 3 is 2.55 bits per heavy atom. The van der Waals surface area contributed by atoms with Crippen LogP contribution in [0.4, 0.5) is 0 Å². The van der Waals surface area contributed by atoms with Gasteiger partial charge in [-0.3, -0.25) is 4.79 Å². The molecule has 1 unspecified atom stereocenters. The summed E-state index contributed by atoms with van der Waals surface area (Å²) in [5.74, 6) is 1.54. The Bertz CT molecular complexity index is 299. The molecule has 2 aliphatic rings. The van der Waals surface area contributed by atoms with E-state index in [9.17, 15) is 4.79 Å². The summed E-state index contributed by atoms with van der Waals surface area (Å²) in [5.41, 5.74) is 0.475. The topological polar surface area (TPSA) is 41.1 Å². The Hall–Kier alpha value is -0.280. The largest absolute Gasteiger partial charge is 0.356 e. The zero-order chi connectivity index (χ0) is 13.7. The van der Waals surface area contributed by atoms with Gasteiger partial charge >= 0.3 is 0 Å². The van der Waals surface area contributed by atoms with Gasteiger partial charge in [-0.2, -0.15) is 0 Å². The van der Waals surface area contributed by atoms with Crippen LogP contribution in [0, 0.1) is 17.3 Å². The van der Waals surface area contributed by atoms with Crippen LogP contribution in [0.1, 0.15) is 58.8 Å². The number of piperidine rings is 1. The summed E-state index contributed by atoms with van der Waals surface area (Å²) in [6.07, 6.45) is 8.31. The second-order valence-electron chi connectivity index (χ2n) is 6.80. The predicted octanol–water partition coefficient (Wildman–Crippen LogP) is 3.13. The van der Waals surface area contributed by atoms with Crippen molar-refractivity contribution in [3.05, 3.63) is 0 Å². The van der Waals surface area contributed by atoms with Gasteiger partial charge in [0.25, 0.3) is 0 Å². The first-order chi connectivity index (χ1) is 9.15. The maximum Gasteiger partial charge on any atom is 0.220 e. The standard InChI is InChI=1S/C16H30N2O.ClH/c1-3-6-16(7-8-16)12-18-15(19)11-13(2)14-4-9-17-10-5-14;/h13-14,17H,3-12H2,1-2H3,(H,18,19);1H. The molecular weight excluding hydrogens is 272 g/mol. The molecule has 2 N–H and O–H groups in total. The Balaban J connectivity index is 0.00000200. The van der Waals surface area contributed by atoms with Crippen LogP contribution < -0.4 is 10.6 Å². The van der Waals surface area contributed by atoms with Crippen LogP contribution in [0.3, 0.4) is 0 Å². The van der Waals surface area contributed by atoms with Crippen molar-refractivity contribution in [3.63, 3.8) is 0 Å². The summed E-state index contributed by atoms with van der Waals surface area (Å²) >= 11 is 0. The van der Waals surface area contributed by atoms with Gasteiger partial charge in [-0.05, 0) is 62.4 Å². The minimum Gasteiger partial charge on any atom is -0.356 e. The lowest BCUT2D eigenvalue weighted by Crippen LogP contribution is -2.35. The molecule has 20 heavy (non-hydrogen) atoms. The number of halogens is 1. The molecule has 1 saturated carbocycles. The molecule has 4 heteroatoms. The van der Waals surface area contributed by atoms with Gasteiger partial charge < -0.3 is 10.6 Å². The highest BCUT2D eigenvalue weighted by molar-refractivity contribution is 5.85. The van der Waals surface area contributed by atoms with Gasteiger partial charge in [0.15, 0.2) is 0 Å².